The monoisotopic (exact) mass is 438 g/mol. The van der Waals surface area contributed by atoms with E-state index in [1.807, 2.05) is 11.3 Å². The molecular weight excluding hydrogens is 411 g/mol. The highest BCUT2D eigenvalue weighted by atomic mass is 127. The third-order valence-electron chi connectivity index (χ3n) is 3.69. The molecule has 0 aromatic carbocycles. The number of methoxy groups -OCH3 is 1. The second-order valence-electron chi connectivity index (χ2n) is 5.47. The highest BCUT2D eigenvalue weighted by Crippen LogP contribution is 2.20. The van der Waals surface area contributed by atoms with Gasteiger partial charge in [-0.05, 0) is 36.8 Å². The minimum Gasteiger partial charge on any atom is -0.383 e. The molecular formula is C15H27IN4OS. The van der Waals surface area contributed by atoms with Gasteiger partial charge in [-0.1, -0.05) is 6.07 Å². The number of likely N-dealkylation sites (tertiary alicyclic amines) is 1. The Hall–Kier alpha value is -0.380. The molecule has 0 aliphatic carbocycles. The Bertz CT molecular complexity index is 427. The molecule has 7 heteroatoms. The first-order valence-corrected chi connectivity index (χ1v) is 8.43. The molecule has 0 radical (unpaired) electrons. The molecule has 3 N–H and O–H groups in total. The van der Waals surface area contributed by atoms with Gasteiger partial charge in [-0.15, -0.1) is 35.3 Å². The van der Waals surface area contributed by atoms with E-state index in [4.69, 9.17) is 10.5 Å². The first-order valence-electron chi connectivity index (χ1n) is 7.55. The number of halogens is 1. The molecule has 1 aromatic rings. The smallest absolute Gasteiger partial charge is 0.188 e. The Kier molecular flexibility index (Phi) is 10.0. The molecule has 1 fully saturated rings. The van der Waals surface area contributed by atoms with Gasteiger partial charge in [0.05, 0.1) is 6.61 Å². The molecule has 0 amide bonds. The number of nitrogens with two attached hydrogens (primary N) is 1. The van der Waals surface area contributed by atoms with Crippen molar-refractivity contribution in [1.82, 2.24) is 10.2 Å². The molecule has 0 saturated carbocycles. The fourth-order valence-electron chi connectivity index (χ4n) is 2.63. The minimum atomic E-state index is 0. The lowest BCUT2D eigenvalue weighted by Gasteiger charge is -2.31. The first kappa shape index (κ1) is 19.7. The average molecular weight is 438 g/mol. The lowest BCUT2D eigenvalue weighted by Crippen LogP contribution is -2.38. The van der Waals surface area contributed by atoms with Crippen LogP contribution < -0.4 is 11.1 Å². The van der Waals surface area contributed by atoms with Gasteiger partial charge in [0.2, 0.25) is 0 Å². The van der Waals surface area contributed by atoms with E-state index in [-0.39, 0.29) is 24.0 Å². The molecule has 0 spiro atoms. The highest BCUT2D eigenvalue weighted by Gasteiger charge is 2.19. The lowest BCUT2D eigenvalue weighted by molar-refractivity contribution is 0.172. The summed E-state index contributed by atoms with van der Waals surface area (Å²) >= 11 is 1.84. The molecule has 1 aliphatic rings. The quantitative estimate of drug-likeness (QED) is 0.296. The van der Waals surface area contributed by atoms with Gasteiger partial charge in [0.1, 0.15) is 0 Å². The van der Waals surface area contributed by atoms with Gasteiger partial charge < -0.3 is 15.8 Å². The van der Waals surface area contributed by atoms with Crippen molar-refractivity contribution in [1.29, 1.82) is 0 Å². The number of hydrogen-bond donors (Lipinski definition) is 2. The van der Waals surface area contributed by atoms with E-state index in [0.29, 0.717) is 25.0 Å². The number of ether oxygens (including phenoxy) is 1. The van der Waals surface area contributed by atoms with E-state index < -0.39 is 0 Å². The van der Waals surface area contributed by atoms with Crippen LogP contribution in [0.25, 0.3) is 0 Å². The Morgan fingerprint density at radius 1 is 1.59 bits per heavy atom. The van der Waals surface area contributed by atoms with Gasteiger partial charge in [0.15, 0.2) is 5.96 Å². The Morgan fingerprint density at radius 2 is 2.45 bits per heavy atom. The Morgan fingerprint density at radius 3 is 3.18 bits per heavy atom. The maximum atomic E-state index is 5.85. The highest BCUT2D eigenvalue weighted by molar-refractivity contribution is 14.0. The van der Waals surface area contributed by atoms with Crippen LogP contribution in [0.5, 0.6) is 0 Å². The van der Waals surface area contributed by atoms with E-state index in [1.165, 1.54) is 24.3 Å². The summed E-state index contributed by atoms with van der Waals surface area (Å²) in [7, 11) is 1.68. The van der Waals surface area contributed by atoms with Crippen LogP contribution in [0.15, 0.2) is 22.5 Å². The number of thiophene rings is 1. The molecule has 1 saturated heterocycles. The van der Waals surface area contributed by atoms with Crippen molar-refractivity contribution in [3.8, 4) is 0 Å². The Balaban J connectivity index is 0.00000242. The summed E-state index contributed by atoms with van der Waals surface area (Å²) in [6.45, 7) is 5.55. The molecule has 5 nitrogen and oxygen atoms in total. The first-order chi connectivity index (χ1) is 10.3. The molecule has 22 heavy (non-hydrogen) atoms. The molecule has 1 atom stereocenters. The number of aliphatic imine (C=N–C) groups is 1. The van der Waals surface area contributed by atoms with E-state index in [1.54, 1.807) is 7.11 Å². The Labute approximate surface area is 154 Å². The number of nitrogens with one attached hydrogen (secondary N) is 1. The van der Waals surface area contributed by atoms with E-state index in [2.05, 4.69) is 32.7 Å². The molecule has 2 rings (SSSR count). The number of rotatable bonds is 7. The normalized spacial score (nSPS) is 19.7. The van der Waals surface area contributed by atoms with E-state index in [0.717, 1.165) is 19.6 Å². The van der Waals surface area contributed by atoms with Crippen molar-refractivity contribution in [2.45, 2.75) is 19.4 Å². The topological polar surface area (TPSA) is 62.9 Å². The molecule has 1 aromatic heterocycles. The van der Waals surface area contributed by atoms with Gasteiger partial charge in [0, 0.05) is 38.2 Å². The van der Waals surface area contributed by atoms with Gasteiger partial charge in [-0.2, -0.15) is 0 Å². The third-order valence-corrected chi connectivity index (χ3v) is 4.56. The molecule has 126 valence electrons. The van der Waals surface area contributed by atoms with Crippen LogP contribution in [-0.2, 0) is 11.3 Å². The van der Waals surface area contributed by atoms with Gasteiger partial charge in [0.25, 0.3) is 0 Å². The zero-order chi connectivity index (χ0) is 14.9. The van der Waals surface area contributed by atoms with Crippen LogP contribution in [0.3, 0.4) is 0 Å². The maximum absolute atomic E-state index is 5.85. The zero-order valence-electron chi connectivity index (χ0n) is 13.2. The molecule has 2 heterocycles. The van der Waals surface area contributed by atoms with Gasteiger partial charge in [-0.3, -0.25) is 9.89 Å². The third kappa shape index (κ3) is 7.26. The van der Waals surface area contributed by atoms with Crippen molar-refractivity contribution in [2.24, 2.45) is 16.6 Å². The second kappa shape index (κ2) is 11.2. The largest absolute Gasteiger partial charge is 0.383 e. The number of hydrogen-bond acceptors (Lipinski definition) is 4. The van der Waals surface area contributed by atoms with Crippen LogP contribution in [0.1, 0.15) is 17.7 Å². The number of guanidine groups is 1. The summed E-state index contributed by atoms with van der Waals surface area (Å²) in [6.07, 6.45) is 2.50. The van der Waals surface area contributed by atoms with Crippen LogP contribution in [0, 0.1) is 5.92 Å². The van der Waals surface area contributed by atoms with E-state index >= 15 is 0 Å². The van der Waals surface area contributed by atoms with Gasteiger partial charge in [-0.25, -0.2) is 0 Å². The summed E-state index contributed by atoms with van der Waals surface area (Å²) in [5, 5.41) is 5.21. The standard InChI is InChI=1S/C15H26N4OS.HI/c1-20-8-6-17-15(16)18-10-13-4-2-7-19(11-13)12-14-5-3-9-21-14;/h3,5,9,13H,2,4,6-8,10-12H2,1H3,(H3,16,17,18);1H. The van der Waals surface area contributed by atoms with Crippen LogP contribution >= 0.6 is 35.3 Å². The number of nitrogens with zero attached hydrogens (tertiary/aromatic N) is 2. The van der Waals surface area contributed by atoms with Crippen LogP contribution in [0.4, 0.5) is 0 Å². The summed E-state index contributed by atoms with van der Waals surface area (Å²) < 4.78 is 4.97. The molecule has 1 unspecified atom stereocenters. The SMILES string of the molecule is COCCNC(N)=NCC1CCCN(Cc2cccs2)C1.I. The van der Waals surface area contributed by atoms with Crippen LogP contribution in [-0.4, -0.2) is 50.8 Å². The van der Waals surface area contributed by atoms with Crippen molar-refractivity contribution in [3.63, 3.8) is 0 Å². The van der Waals surface area contributed by atoms with Crippen molar-refractivity contribution in [2.75, 3.05) is 39.9 Å². The van der Waals surface area contributed by atoms with Crippen molar-refractivity contribution < 1.29 is 4.74 Å². The summed E-state index contributed by atoms with van der Waals surface area (Å²) in [4.78, 5) is 8.43. The van der Waals surface area contributed by atoms with Gasteiger partial charge >= 0.3 is 0 Å². The van der Waals surface area contributed by atoms with Crippen molar-refractivity contribution >= 4 is 41.3 Å². The fraction of sp³-hybridized carbons (Fsp3) is 0.667. The maximum Gasteiger partial charge on any atom is 0.188 e. The summed E-state index contributed by atoms with van der Waals surface area (Å²) in [5.41, 5.74) is 5.85. The summed E-state index contributed by atoms with van der Waals surface area (Å²) in [6, 6.07) is 4.34. The summed E-state index contributed by atoms with van der Waals surface area (Å²) in [5.74, 6) is 1.14. The van der Waals surface area contributed by atoms with Crippen molar-refractivity contribution in [3.05, 3.63) is 22.4 Å². The molecule has 1 aliphatic heterocycles. The minimum absolute atomic E-state index is 0. The zero-order valence-corrected chi connectivity index (χ0v) is 16.3. The second-order valence-corrected chi connectivity index (χ2v) is 6.50. The molecule has 0 bridgehead atoms. The van der Waals surface area contributed by atoms with Crippen LogP contribution in [0.2, 0.25) is 0 Å². The lowest BCUT2D eigenvalue weighted by atomic mass is 9.98. The van der Waals surface area contributed by atoms with E-state index in [9.17, 15) is 0 Å². The fourth-order valence-corrected chi connectivity index (χ4v) is 3.38. The average Bonchev–Trinajstić information content (AvgIpc) is 2.99. The predicted octanol–water partition coefficient (Wildman–Crippen LogP) is 2.13. The number of piperidine rings is 1. The predicted molar refractivity (Wildman–Crippen MR) is 104 cm³/mol.